The molecule has 20 heavy (non-hydrogen) atoms. The van der Waals surface area contributed by atoms with Gasteiger partial charge >= 0.3 is 12.0 Å². The third kappa shape index (κ3) is 3.97. The number of urea groups is 1. The van der Waals surface area contributed by atoms with Crippen molar-refractivity contribution in [3.63, 3.8) is 0 Å². The van der Waals surface area contributed by atoms with Gasteiger partial charge in [-0.05, 0) is 19.1 Å². The Morgan fingerprint density at radius 2 is 2.25 bits per heavy atom. The van der Waals surface area contributed by atoms with Gasteiger partial charge in [-0.25, -0.2) is 4.79 Å². The van der Waals surface area contributed by atoms with Crippen LogP contribution >= 0.6 is 23.5 Å². The molecule has 1 heterocycles. The number of nitrogens with one attached hydrogen (secondary N) is 1. The number of aliphatic carboxylic acids is 1. The molecule has 1 saturated carbocycles. The van der Waals surface area contributed by atoms with E-state index in [-0.39, 0.29) is 24.5 Å². The second kappa shape index (κ2) is 7.45. The number of carbonyl (C=O) groups excluding carboxylic acids is 1. The first kappa shape index (κ1) is 15.8. The van der Waals surface area contributed by atoms with Gasteiger partial charge in [-0.2, -0.15) is 23.5 Å². The van der Waals surface area contributed by atoms with Crippen LogP contribution in [0.2, 0.25) is 0 Å². The van der Waals surface area contributed by atoms with Crippen molar-refractivity contribution in [1.29, 1.82) is 0 Å². The highest BCUT2D eigenvalue weighted by Gasteiger charge is 2.33. The van der Waals surface area contributed by atoms with Crippen LogP contribution in [-0.2, 0) is 4.79 Å². The van der Waals surface area contributed by atoms with Gasteiger partial charge in [-0.1, -0.05) is 6.42 Å². The van der Waals surface area contributed by atoms with Crippen LogP contribution in [0.15, 0.2) is 0 Å². The van der Waals surface area contributed by atoms with E-state index in [2.05, 4.69) is 11.6 Å². The smallest absolute Gasteiger partial charge is 0.317 e. The highest BCUT2D eigenvalue weighted by molar-refractivity contribution is 7.99. The molecule has 0 spiro atoms. The molecule has 2 rings (SSSR count). The van der Waals surface area contributed by atoms with E-state index in [1.807, 2.05) is 11.8 Å². The zero-order valence-corrected chi connectivity index (χ0v) is 13.3. The predicted molar refractivity (Wildman–Crippen MR) is 83.5 cm³/mol. The van der Waals surface area contributed by atoms with Crippen LogP contribution in [-0.4, -0.2) is 63.6 Å². The first-order chi connectivity index (χ1) is 9.61. The van der Waals surface area contributed by atoms with Gasteiger partial charge in [-0.3, -0.25) is 4.79 Å². The predicted octanol–water partition coefficient (Wildman–Crippen LogP) is 1.87. The van der Waals surface area contributed by atoms with Crippen molar-refractivity contribution < 1.29 is 14.7 Å². The standard InChI is InChI=1S/C13H22N2O3S2/c1-19-11-4-2-3-10(11)14-13(18)15-5-6-20-8-9(15)7-12(16)17/h9-11H,2-8H2,1H3,(H,14,18)(H,16,17). The lowest BCUT2D eigenvalue weighted by Crippen LogP contribution is -2.54. The molecule has 1 aliphatic heterocycles. The molecule has 3 unspecified atom stereocenters. The molecule has 2 fully saturated rings. The van der Waals surface area contributed by atoms with E-state index < -0.39 is 5.97 Å². The van der Waals surface area contributed by atoms with Gasteiger partial charge in [0.1, 0.15) is 0 Å². The molecular weight excluding hydrogens is 296 g/mol. The Morgan fingerprint density at radius 1 is 1.45 bits per heavy atom. The molecule has 0 aromatic heterocycles. The number of amides is 2. The van der Waals surface area contributed by atoms with Gasteiger partial charge < -0.3 is 15.3 Å². The monoisotopic (exact) mass is 318 g/mol. The summed E-state index contributed by atoms with van der Waals surface area (Å²) in [6.45, 7) is 0.644. The second-order valence-electron chi connectivity index (χ2n) is 5.28. The van der Waals surface area contributed by atoms with Crippen LogP contribution in [0, 0.1) is 0 Å². The first-order valence-electron chi connectivity index (χ1n) is 7.01. The van der Waals surface area contributed by atoms with Crippen molar-refractivity contribution in [3.8, 4) is 0 Å². The van der Waals surface area contributed by atoms with E-state index in [4.69, 9.17) is 5.11 Å². The minimum Gasteiger partial charge on any atom is -0.481 e. The topological polar surface area (TPSA) is 69.6 Å². The number of rotatable bonds is 4. The number of carbonyl (C=O) groups is 2. The zero-order chi connectivity index (χ0) is 14.5. The molecule has 0 bridgehead atoms. The van der Waals surface area contributed by atoms with Gasteiger partial charge in [0.25, 0.3) is 0 Å². The average Bonchev–Trinajstić information content (AvgIpc) is 2.85. The molecule has 0 aromatic rings. The van der Waals surface area contributed by atoms with Crippen molar-refractivity contribution in [2.45, 2.75) is 43.0 Å². The quantitative estimate of drug-likeness (QED) is 0.828. The fourth-order valence-corrected chi connectivity index (χ4v) is 4.90. The summed E-state index contributed by atoms with van der Waals surface area (Å²) in [6, 6.07) is -0.0274. The maximum Gasteiger partial charge on any atom is 0.317 e. The second-order valence-corrected chi connectivity index (χ2v) is 7.51. The molecule has 0 radical (unpaired) electrons. The number of carboxylic acid groups (broad SMARTS) is 1. The van der Waals surface area contributed by atoms with E-state index in [1.54, 1.807) is 16.7 Å². The molecule has 1 saturated heterocycles. The molecule has 2 N–H and O–H groups in total. The van der Waals surface area contributed by atoms with Crippen LogP contribution in [0.25, 0.3) is 0 Å². The Morgan fingerprint density at radius 3 is 2.95 bits per heavy atom. The molecule has 1 aliphatic carbocycles. The minimum atomic E-state index is -0.835. The van der Waals surface area contributed by atoms with Crippen LogP contribution < -0.4 is 5.32 Å². The molecule has 5 nitrogen and oxygen atoms in total. The van der Waals surface area contributed by atoms with Crippen molar-refractivity contribution in [1.82, 2.24) is 10.2 Å². The molecule has 7 heteroatoms. The molecule has 2 amide bonds. The summed E-state index contributed by atoms with van der Waals surface area (Å²) in [4.78, 5) is 25.0. The van der Waals surface area contributed by atoms with E-state index in [0.717, 1.165) is 30.8 Å². The number of hydrogen-bond acceptors (Lipinski definition) is 4. The fraction of sp³-hybridized carbons (Fsp3) is 0.846. The summed E-state index contributed by atoms with van der Waals surface area (Å²) >= 11 is 3.53. The summed E-state index contributed by atoms with van der Waals surface area (Å²) in [7, 11) is 0. The van der Waals surface area contributed by atoms with Gasteiger partial charge in [0, 0.05) is 29.3 Å². The maximum absolute atomic E-state index is 12.4. The van der Waals surface area contributed by atoms with Gasteiger partial charge in [-0.15, -0.1) is 0 Å². The Kier molecular flexibility index (Phi) is 5.89. The fourth-order valence-electron chi connectivity index (χ4n) is 2.91. The summed E-state index contributed by atoms with van der Waals surface area (Å²) in [5.41, 5.74) is 0. The normalized spacial score (nSPS) is 30.2. The SMILES string of the molecule is CSC1CCCC1NC(=O)N1CCSCC1CC(=O)O. The molecule has 0 aromatic carbocycles. The molecule has 2 aliphatic rings. The van der Waals surface area contributed by atoms with Crippen molar-refractivity contribution in [3.05, 3.63) is 0 Å². The van der Waals surface area contributed by atoms with Crippen LogP contribution in [0.3, 0.4) is 0 Å². The molecular formula is C13H22N2O3S2. The van der Waals surface area contributed by atoms with Crippen LogP contribution in [0.5, 0.6) is 0 Å². The Hall–Kier alpha value is -0.560. The lowest BCUT2D eigenvalue weighted by molar-refractivity contribution is -0.137. The van der Waals surface area contributed by atoms with E-state index in [0.29, 0.717) is 11.8 Å². The summed E-state index contributed by atoms with van der Waals surface area (Å²) < 4.78 is 0. The largest absolute Gasteiger partial charge is 0.481 e. The van der Waals surface area contributed by atoms with Gasteiger partial charge in [0.15, 0.2) is 0 Å². The summed E-state index contributed by atoms with van der Waals surface area (Å²) in [6.07, 6.45) is 5.46. The Labute approximate surface area is 128 Å². The number of hydrogen-bond donors (Lipinski definition) is 2. The zero-order valence-electron chi connectivity index (χ0n) is 11.7. The number of nitrogens with zero attached hydrogens (tertiary/aromatic N) is 1. The summed E-state index contributed by atoms with van der Waals surface area (Å²) in [5, 5.41) is 12.6. The third-order valence-electron chi connectivity index (χ3n) is 3.96. The van der Waals surface area contributed by atoms with Crippen molar-refractivity contribution in [2.75, 3.05) is 24.3 Å². The van der Waals surface area contributed by atoms with E-state index in [1.165, 1.54) is 0 Å². The van der Waals surface area contributed by atoms with Crippen molar-refractivity contribution in [2.24, 2.45) is 0 Å². The lowest BCUT2D eigenvalue weighted by Gasteiger charge is -2.35. The van der Waals surface area contributed by atoms with E-state index >= 15 is 0 Å². The minimum absolute atomic E-state index is 0.0387. The van der Waals surface area contributed by atoms with E-state index in [9.17, 15) is 9.59 Å². The first-order valence-corrected chi connectivity index (χ1v) is 9.45. The molecule has 114 valence electrons. The highest BCUT2D eigenvalue weighted by Crippen LogP contribution is 2.29. The lowest BCUT2D eigenvalue weighted by atomic mass is 10.2. The Bertz CT molecular complexity index is 368. The number of carboxylic acids is 1. The number of thioether (sulfide) groups is 2. The van der Waals surface area contributed by atoms with Crippen LogP contribution in [0.4, 0.5) is 4.79 Å². The van der Waals surface area contributed by atoms with Crippen molar-refractivity contribution >= 4 is 35.5 Å². The third-order valence-corrected chi connectivity index (χ3v) is 6.22. The highest BCUT2D eigenvalue weighted by atomic mass is 32.2. The average molecular weight is 318 g/mol. The van der Waals surface area contributed by atoms with Gasteiger partial charge in [0.05, 0.1) is 12.5 Å². The summed E-state index contributed by atoms with van der Waals surface area (Å²) in [5.74, 6) is 0.773. The Balaban J connectivity index is 1.93. The van der Waals surface area contributed by atoms with Crippen LogP contribution in [0.1, 0.15) is 25.7 Å². The maximum atomic E-state index is 12.4. The van der Waals surface area contributed by atoms with Gasteiger partial charge in [0.2, 0.25) is 0 Å². The molecule has 3 atom stereocenters.